The van der Waals surface area contributed by atoms with Gasteiger partial charge < -0.3 is 9.30 Å². The van der Waals surface area contributed by atoms with Gasteiger partial charge in [0.1, 0.15) is 5.75 Å². The number of para-hydroxylation sites is 1. The summed E-state index contributed by atoms with van der Waals surface area (Å²) >= 11 is 0. The van der Waals surface area contributed by atoms with E-state index in [9.17, 15) is 0 Å². The molecule has 1 heterocycles. The lowest BCUT2D eigenvalue weighted by molar-refractivity contribution is 0.415. The molecular weight excluding hydrogens is 234 g/mol. The number of aryl methyl sites for hydroxylation is 2. The molecule has 0 saturated heterocycles. The molecule has 0 atom stereocenters. The molecule has 0 fully saturated rings. The number of nitrogens with zero attached hydrogens (tertiary/aromatic N) is 1. The molecule has 0 aliphatic carbocycles. The van der Waals surface area contributed by atoms with E-state index < -0.39 is 0 Å². The van der Waals surface area contributed by atoms with Crippen LogP contribution in [-0.4, -0.2) is 11.7 Å². The highest BCUT2D eigenvalue weighted by atomic mass is 16.5. The quantitative estimate of drug-likeness (QED) is 0.667. The number of hydrogen-bond donors (Lipinski definition) is 0. The number of ether oxygens (including phenoxy) is 1. The summed E-state index contributed by atoms with van der Waals surface area (Å²) < 4.78 is 7.51. The molecule has 0 bridgehead atoms. The first kappa shape index (κ1) is 11.8. The smallest absolute Gasteiger partial charge is 0.119 e. The van der Waals surface area contributed by atoms with Crippen LogP contribution in [0.25, 0.3) is 22.0 Å². The summed E-state index contributed by atoms with van der Waals surface area (Å²) in [5.74, 6) is 0.897. The zero-order chi connectivity index (χ0) is 13.4. The Morgan fingerprint density at radius 2 is 1.79 bits per heavy atom. The first-order valence-electron chi connectivity index (χ1n) is 6.40. The van der Waals surface area contributed by atoms with Crippen molar-refractivity contribution in [1.82, 2.24) is 4.57 Å². The van der Waals surface area contributed by atoms with E-state index in [-0.39, 0.29) is 0 Å². The van der Waals surface area contributed by atoms with Gasteiger partial charge in [0.15, 0.2) is 0 Å². The van der Waals surface area contributed by atoms with Gasteiger partial charge in [-0.15, -0.1) is 0 Å². The van der Waals surface area contributed by atoms with E-state index >= 15 is 0 Å². The zero-order valence-corrected chi connectivity index (χ0v) is 11.5. The van der Waals surface area contributed by atoms with Crippen molar-refractivity contribution >= 4 is 10.9 Å². The Kier molecular flexibility index (Phi) is 2.79. The van der Waals surface area contributed by atoms with E-state index in [0.29, 0.717) is 0 Å². The van der Waals surface area contributed by atoms with Crippen LogP contribution >= 0.6 is 0 Å². The predicted octanol–water partition coefficient (Wildman–Crippen LogP) is 4.16. The van der Waals surface area contributed by atoms with Crippen LogP contribution in [0.2, 0.25) is 0 Å². The maximum absolute atomic E-state index is 5.34. The van der Waals surface area contributed by atoms with Gasteiger partial charge >= 0.3 is 0 Å². The van der Waals surface area contributed by atoms with E-state index in [1.54, 1.807) is 7.11 Å². The van der Waals surface area contributed by atoms with E-state index in [4.69, 9.17) is 4.74 Å². The van der Waals surface area contributed by atoms with Crippen molar-refractivity contribution in [3.8, 4) is 16.9 Å². The third-order valence-corrected chi connectivity index (χ3v) is 3.63. The van der Waals surface area contributed by atoms with Gasteiger partial charge in [-0.2, -0.15) is 0 Å². The van der Waals surface area contributed by atoms with Crippen molar-refractivity contribution in [3.63, 3.8) is 0 Å². The fourth-order valence-electron chi connectivity index (χ4n) is 2.57. The molecule has 0 saturated carbocycles. The minimum atomic E-state index is 0.897. The molecule has 0 radical (unpaired) electrons. The standard InChI is InChI=1S/C17H17NO/c1-12-8-9-13(19-3)10-15(12)16-11-18(2)17-7-5-4-6-14(16)17/h4-11H,1-3H3. The summed E-state index contributed by atoms with van der Waals surface area (Å²) in [6.07, 6.45) is 2.19. The Labute approximate surface area is 113 Å². The number of rotatable bonds is 2. The Bertz CT molecular complexity index is 740. The van der Waals surface area contributed by atoms with Crippen LogP contribution in [0.5, 0.6) is 5.75 Å². The lowest BCUT2D eigenvalue weighted by atomic mass is 10.00. The fraction of sp³-hybridized carbons (Fsp3) is 0.176. The van der Waals surface area contributed by atoms with Gasteiger partial charge in [-0.25, -0.2) is 0 Å². The third kappa shape index (κ3) is 1.89. The molecule has 0 N–H and O–H groups in total. The molecule has 0 aliphatic heterocycles. The maximum atomic E-state index is 5.34. The number of methoxy groups -OCH3 is 1. The molecule has 2 heteroatoms. The molecule has 2 aromatic carbocycles. The molecule has 1 aromatic heterocycles. The van der Waals surface area contributed by atoms with Crippen molar-refractivity contribution in [2.45, 2.75) is 6.92 Å². The van der Waals surface area contributed by atoms with Crippen LogP contribution in [-0.2, 0) is 7.05 Å². The van der Waals surface area contributed by atoms with Crippen LogP contribution in [0.3, 0.4) is 0 Å². The lowest BCUT2D eigenvalue weighted by Crippen LogP contribution is -1.87. The van der Waals surface area contributed by atoms with Crippen LogP contribution in [0.1, 0.15) is 5.56 Å². The van der Waals surface area contributed by atoms with Gasteiger partial charge in [-0.3, -0.25) is 0 Å². The summed E-state index contributed by atoms with van der Waals surface area (Å²) in [5, 5.41) is 1.28. The first-order valence-corrected chi connectivity index (χ1v) is 6.40. The molecular formula is C17H17NO. The lowest BCUT2D eigenvalue weighted by Gasteiger charge is -2.07. The molecule has 0 spiro atoms. The largest absolute Gasteiger partial charge is 0.497 e. The van der Waals surface area contributed by atoms with Crippen LogP contribution in [0.4, 0.5) is 0 Å². The van der Waals surface area contributed by atoms with Gasteiger partial charge in [0.25, 0.3) is 0 Å². The first-order chi connectivity index (χ1) is 9.20. The highest BCUT2D eigenvalue weighted by molar-refractivity contribution is 5.96. The number of fused-ring (bicyclic) bond motifs is 1. The fourth-order valence-corrected chi connectivity index (χ4v) is 2.57. The van der Waals surface area contributed by atoms with Gasteiger partial charge in [0.2, 0.25) is 0 Å². The Hall–Kier alpha value is -2.22. The SMILES string of the molecule is COc1ccc(C)c(-c2cn(C)c3ccccc23)c1. The van der Waals surface area contributed by atoms with Gasteiger partial charge in [0, 0.05) is 29.7 Å². The van der Waals surface area contributed by atoms with Crippen LogP contribution in [0, 0.1) is 6.92 Å². The predicted molar refractivity (Wildman–Crippen MR) is 79.6 cm³/mol. The van der Waals surface area contributed by atoms with Crippen molar-refractivity contribution < 1.29 is 4.74 Å². The molecule has 0 aliphatic rings. The van der Waals surface area contributed by atoms with Crippen molar-refractivity contribution in [1.29, 1.82) is 0 Å². The third-order valence-electron chi connectivity index (χ3n) is 3.63. The molecule has 3 rings (SSSR count). The molecule has 0 amide bonds. The van der Waals surface area contributed by atoms with Crippen molar-refractivity contribution in [3.05, 3.63) is 54.2 Å². The summed E-state index contributed by atoms with van der Waals surface area (Å²) in [6, 6.07) is 14.7. The van der Waals surface area contributed by atoms with Crippen molar-refractivity contribution in [2.75, 3.05) is 7.11 Å². The molecule has 3 aromatic rings. The topological polar surface area (TPSA) is 14.2 Å². The molecule has 2 nitrogen and oxygen atoms in total. The average molecular weight is 251 g/mol. The second-order valence-corrected chi connectivity index (χ2v) is 4.85. The summed E-state index contributed by atoms with van der Waals surface area (Å²) in [6.45, 7) is 2.14. The molecule has 0 unspecified atom stereocenters. The average Bonchev–Trinajstić information content (AvgIpc) is 2.77. The van der Waals surface area contributed by atoms with Gasteiger partial charge in [0.05, 0.1) is 7.11 Å². The Morgan fingerprint density at radius 3 is 2.58 bits per heavy atom. The Balaban J connectivity index is 2.30. The zero-order valence-electron chi connectivity index (χ0n) is 11.5. The minimum absolute atomic E-state index is 0.897. The maximum Gasteiger partial charge on any atom is 0.119 e. The van der Waals surface area contributed by atoms with E-state index in [2.05, 4.69) is 61.1 Å². The van der Waals surface area contributed by atoms with Crippen LogP contribution in [0.15, 0.2) is 48.7 Å². The normalized spacial score (nSPS) is 10.9. The van der Waals surface area contributed by atoms with Gasteiger partial charge in [-0.1, -0.05) is 24.3 Å². The Morgan fingerprint density at radius 1 is 1.00 bits per heavy atom. The van der Waals surface area contributed by atoms with Crippen LogP contribution < -0.4 is 4.74 Å². The van der Waals surface area contributed by atoms with Crippen molar-refractivity contribution in [2.24, 2.45) is 7.05 Å². The summed E-state index contributed by atoms with van der Waals surface area (Å²) in [7, 11) is 3.79. The minimum Gasteiger partial charge on any atom is -0.497 e. The number of benzene rings is 2. The second-order valence-electron chi connectivity index (χ2n) is 4.85. The highest BCUT2D eigenvalue weighted by Crippen LogP contribution is 2.34. The number of aromatic nitrogens is 1. The summed E-state index contributed by atoms with van der Waals surface area (Å²) in [4.78, 5) is 0. The molecule has 96 valence electrons. The van der Waals surface area contributed by atoms with E-state index in [1.807, 2.05) is 6.07 Å². The highest BCUT2D eigenvalue weighted by Gasteiger charge is 2.10. The monoisotopic (exact) mass is 251 g/mol. The summed E-state index contributed by atoms with van der Waals surface area (Å²) in [5.41, 5.74) is 5.00. The number of hydrogen-bond acceptors (Lipinski definition) is 1. The van der Waals surface area contributed by atoms with E-state index in [0.717, 1.165) is 5.75 Å². The molecule has 19 heavy (non-hydrogen) atoms. The van der Waals surface area contributed by atoms with Gasteiger partial charge in [-0.05, 0) is 36.2 Å². The van der Waals surface area contributed by atoms with E-state index in [1.165, 1.54) is 27.6 Å². The second kappa shape index (κ2) is 4.47.